The Balaban J connectivity index is 1.78. The van der Waals surface area contributed by atoms with Crippen molar-refractivity contribution in [2.45, 2.75) is 6.92 Å². The van der Waals surface area contributed by atoms with Crippen LogP contribution in [0, 0.1) is 0 Å². The summed E-state index contributed by atoms with van der Waals surface area (Å²) < 4.78 is 5.10. The number of para-hydroxylation sites is 2. The molecule has 0 saturated heterocycles. The third-order valence-electron chi connectivity index (χ3n) is 4.85. The molecule has 7 heteroatoms. The highest BCUT2D eigenvalue weighted by Gasteiger charge is 2.18. The number of nitrogens with zero attached hydrogens (tertiary/aromatic N) is 1. The molecule has 0 fully saturated rings. The van der Waals surface area contributed by atoms with E-state index in [0.29, 0.717) is 37.9 Å². The standard InChI is InChI=1S/C25H18Cl2N2O3/c1-2-32-25(31)17-8-4-6-10-22(17)29-24(30)18-14-23(15-11-12-19(26)20(27)13-15)28-21-9-5-3-7-16(18)21/h3-14H,2H2,1H3,(H,29,30). The number of fused-ring (bicyclic) bond motifs is 1. The van der Waals surface area contributed by atoms with Crippen molar-refractivity contribution in [3.8, 4) is 11.3 Å². The number of carbonyl (C=O) groups is 2. The smallest absolute Gasteiger partial charge is 0.340 e. The number of nitrogens with one attached hydrogen (secondary N) is 1. The number of hydrogen-bond donors (Lipinski definition) is 1. The number of rotatable bonds is 5. The van der Waals surface area contributed by atoms with Crippen molar-refractivity contribution >= 4 is 51.7 Å². The molecular formula is C25H18Cl2N2O3. The van der Waals surface area contributed by atoms with Gasteiger partial charge in [0.1, 0.15) is 0 Å². The SMILES string of the molecule is CCOC(=O)c1ccccc1NC(=O)c1cc(-c2ccc(Cl)c(Cl)c2)nc2ccccc12. The molecule has 32 heavy (non-hydrogen) atoms. The van der Waals surface area contributed by atoms with Gasteiger partial charge in [0.25, 0.3) is 5.91 Å². The molecule has 1 amide bonds. The van der Waals surface area contributed by atoms with Crippen molar-refractivity contribution in [3.05, 3.63) is 94.0 Å². The van der Waals surface area contributed by atoms with Crippen molar-refractivity contribution < 1.29 is 14.3 Å². The van der Waals surface area contributed by atoms with Gasteiger partial charge in [-0.1, -0.05) is 59.6 Å². The number of benzene rings is 3. The van der Waals surface area contributed by atoms with Crippen molar-refractivity contribution in [1.29, 1.82) is 0 Å². The molecule has 5 nitrogen and oxygen atoms in total. The Bertz CT molecular complexity index is 1340. The molecule has 1 aromatic heterocycles. The van der Waals surface area contributed by atoms with Gasteiger partial charge in [-0.15, -0.1) is 0 Å². The zero-order valence-corrected chi connectivity index (χ0v) is 18.6. The van der Waals surface area contributed by atoms with E-state index in [1.165, 1.54) is 0 Å². The summed E-state index contributed by atoms with van der Waals surface area (Å²) in [5.41, 5.74) is 3.02. The number of pyridine rings is 1. The summed E-state index contributed by atoms with van der Waals surface area (Å²) in [4.78, 5) is 30.3. The van der Waals surface area contributed by atoms with Gasteiger partial charge in [0.2, 0.25) is 0 Å². The summed E-state index contributed by atoms with van der Waals surface area (Å²) in [6, 6.07) is 21.0. The minimum Gasteiger partial charge on any atom is -0.462 e. The number of ether oxygens (including phenoxy) is 1. The maximum Gasteiger partial charge on any atom is 0.340 e. The number of esters is 1. The molecule has 0 atom stereocenters. The lowest BCUT2D eigenvalue weighted by atomic mass is 10.0. The normalized spacial score (nSPS) is 10.7. The average Bonchev–Trinajstić information content (AvgIpc) is 2.80. The van der Waals surface area contributed by atoms with Crippen LogP contribution < -0.4 is 5.32 Å². The average molecular weight is 465 g/mol. The van der Waals surface area contributed by atoms with Crippen LogP contribution in [0.2, 0.25) is 10.0 Å². The molecule has 4 rings (SSSR count). The van der Waals surface area contributed by atoms with Gasteiger partial charge in [-0.2, -0.15) is 0 Å². The van der Waals surface area contributed by atoms with E-state index in [0.717, 1.165) is 5.56 Å². The second-order valence-electron chi connectivity index (χ2n) is 6.92. The minimum atomic E-state index is -0.500. The first-order chi connectivity index (χ1) is 15.5. The fourth-order valence-electron chi connectivity index (χ4n) is 3.34. The van der Waals surface area contributed by atoms with Crippen LogP contribution in [0.4, 0.5) is 5.69 Å². The van der Waals surface area contributed by atoms with E-state index in [1.54, 1.807) is 55.5 Å². The van der Waals surface area contributed by atoms with Crippen molar-refractivity contribution in [2.75, 3.05) is 11.9 Å². The molecule has 1 N–H and O–H groups in total. The number of aromatic nitrogens is 1. The van der Waals surface area contributed by atoms with Crippen LogP contribution >= 0.6 is 23.2 Å². The summed E-state index contributed by atoms with van der Waals surface area (Å²) in [6.45, 7) is 1.97. The highest BCUT2D eigenvalue weighted by atomic mass is 35.5. The second-order valence-corrected chi connectivity index (χ2v) is 7.74. The lowest BCUT2D eigenvalue weighted by Crippen LogP contribution is -2.16. The molecule has 1 heterocycles. The highest BCUT2D eigenvalue weighted by molar-refractivity contribution is 6.42. The summed E-state index contributed by atoms with van der Waals surface area (Å²) in [5, 5.41) is 4.36. The Morgan fingerprint density at radius 1 is 0.906 bits per heavy atom. The first-order valence-corrected chi connectivity index (χ1v) is 10.7. The number of anilines is 1. The van der Waals surface area contributed by atoms with E-state index in [-0.39, 0.29) is 18.1 Å². The molecule has 0 aliphatic heterocycles. The van der Waals surface area contributed by atoms with Crippen LogP contribution in [0.1, 0.15) is 27.6 Å². The predicted octanol–water partition coefficient (Wildman–Crippen LogP) is 6.64. The van der Waals surface area contributed by atoms with Gasteiger partial charge in [-0.3, -0.25) is 4.79 Å². The van der Waals surface area contributed by atoms with Crippen LogP contribution in [0.5, 0.6) is 0 Å². The topological polar surface area (TPSA) is 68.3 Å². The summed E-state index contributed by atoms with van der Waals surface area (Å²) >= 11 is 12.2. The highest BCUT2D eigenvalue weighted by Crippen LogP contribution is 2.30. The Hall–Kier alpha value is -3.41. The number of amides is 1. The van der Waals surface area contributed by atoms with Gasteiger partial charge in [0.15, 0.2) is 0 Å². The molecule has 3 aromatic carbocycles. The summed E-state index contributed by atoms with van der Waals surface area (Å²) in [6.07, 6.45) is 0. The van der Waals surface area contributed by atoms with Crippen molar-refractivity contribution in [2.24, 2.45) is 0 Å². The zero-order chi connectivity index (χ0) is 22.7. The molecule has 0 aliphatic carbocycles. The van der Waals surface area contributed by atoms with E-state index < -0.39 is 5.97 Å². The lowest BCUT2D eigenvalue weighted by molar-refractivity contribution is 0.0527. The maximum atomic E-state index is 13.3. The molecule has 0 bridgehead atoms. The molecule has 0 spiro atoms. The quantitative estimate of drug-likeness (QED) is 0.336. The largest absolute Gasteiger partial charge is 0.462 e. The number of hydrogen-bond acceptors (Lipinski definition) is 4. The molecule has 4 aromatic rings. The van der Waals surface area contributed by atoms with Crippen LogP contribution in [0.15, 0.2) is 72.8 Å². The molecule has 0 saturated carbocycles. The number of carbonyl (C=O) groups excluding carboxylic acids is 2. The Kier molecular flexibility index (Phi) is 6.40. The number of halogens is 2. The van der Waals surface area contributed by atoms with Crippen molar-refractivity contribution in [1.82, 2.24) is 4.98 Å². The van der Waals surface area contributed by atoms with E-state index in [9.17, 15) is 9.59 Å². The maximum absolute atomic E-state index is 13.3. The Labute approximate surface area is 194 Å². The molecule has 0 aliphatic rings. The third-order valence-corrected chi connectivity index (χ3v) is 5.59. The monoisotopic (exact) mass is 464 g/mol. The van der Waals surface area contributed by atoms with E-state index >= 15 is 0 Å². The molecule has 0 unspecified atom stereocenters. The fourth-order valence-corrected chi connectivity index (χ4v) is 3.63. The Morgan fingerprint density at radius 2 is 1.66 bits per heavy atom. The van der Waals surface area contributed by atoms with Gasteiger partial charge in [0.05, 0.1) is 44.7 Å². The molecular weight excluding hydrogens is 447 g/mol. The Morgan fingerprint density at radius 3 is 2.44 bits per heavy atom. The van der Waals surface area contributed by atoms with Gasteiger partial charge < -0.3 is 10.1 Å². The predicted molar refractivity (Wildman–Crippen MR) is 128 cm³/mol. The molecule has 0 radical (unpaired) electrons. The second kappa shape index (κ2) is 9.39. The van der Waals surface area contributed by atoms with Crippen LogP contribution in [0.25, 0.3) is 22.2 Å². The minimum absolute atomic E-state index is 0.239. The van der Waals surface area contributed by atoms with Crippen molar-refractivity contribution in [3.63, 3.8) is 0 Å². The van der Waals surface area contributed by atoms with Gasteiger partial charge in [-0.25, -0.2) is 9.78 Å². The van der Waals surface area contributed by atoms with Crippen LogP contribution in [0.3, 0.4) is 0 Å². The first kappa shape index (κ1) is 21.8. The van der Waals surface area contributed by atoms with Crippen LogP contribution in [-0.2, 0) is 4.74 Å². The van der Waals surface area contributed by atoms with Gasteiger partial charge in [-0.05, 0) is 43.3 Å². The van der Waals surface area contributed by atoms with Gasteiger partial charge in [0, 0.05) is 10.9 Å². The third kappa shape index (κ3) is 4.44. The van der Waals surface area contributed by atoms with Crippen LogP contribution in [-0.4, -0.2) is 23.5 Å². The van der Waals surface area contributed by atoms with Gasteiger partial charge >= 0.3 is 5.97 Å². The van der Waals surface area contributed by atoms with E-state index in [2.05, 4.69) is 10.3 Å². The van der Waals surface area contributed by atoms with E-state index in [1.807, 2.05) is 24.3 Å². The molecule has 160 valence electrons. The lowest BCUT2D eigenvalue weighted by Gasteiger charge is -2.13. The zero-order valence-electron chi connectivity index (χ0n) is 17.1. The summed E-state index contributed by atoms with van der Waals surface area (Å²) in [7, 11) is 0. The first-order valence-electron chi connectivity index (χ1n) is 9.90. The fraction of sp³-hybridized carbons (Fsp3) is 0.0800. The summed E-state index contributed by atoms with van der Waals surface area (Å²) in [5.74, 6) is -0.874. The van der Waals surface area contributed by atoms with E-state index in [4.69, 9.17) is 27.9 Å².